The normalized spacial score (nSPS) is 28.9. The highest BCUT2D eigenvalue weighted by Crippen LogP contribution is 2.34. The fourth-order valence-corrected chi connectivity index (χ4v) is 3.99. The first kappa shape index (κ1) is 14.1. The molecule has 110 valence electrons. The van der Waals surface area contributed by atoms with Crippen molar-refractivity contribution >= 4 is 0 Å². The molecule has 20 heavy (non-hydrogen) atoms. The predicted molar refractivity (Wildman–Crippen MR) is 82.7 cm³/mol. The lowest BCUT2D eigenvalue weighted by Gasteiger charge is -2.39. The molecule has 0 saturated carbocycles. The van der Waals surface area contributed by atoms with Crippen molar-refractivity contribution in [1.29, 1.82) is 0 Å². The minimum Gasteiger partial charge on any atom is -0.387 e. The van der Waals surface area contributed by atoms with E-state index in [-0.39, 0.29) is 6.10 Å². The fraction of sp³-hybridized carbons (Fsp3) is 0.667. The average molecular weight is 273 g/mol. The maximum Gasteiger partial charge on any atom is 0.0947 e. The Labute approximate surface area is 122 Å². The van der Waals surface area contributed by atoms with Gasteiger partial charge in [0.15, 0.2) is 0 Å². The molecule has 1 aliphatic heterocycles. The van der Waals surface area contributed by atoms with Crippen LogP contribution in [0.2, 0.25) is 0 Å². The summed E-state index contributed by atoms with van der Waals surface area (Å²) in [5, 5.41) is 10.8. The lowest BCUT2D eigenvalue weighted by molar-refractivity contribution is 0.0247. The maximum absolute atomic E-state index is 10.8. The average Bonchev–Trinajstić information content (AvgIpc) is 2.67. The van der Waals surface area contributed by atoms with E-state index in [9.17, 15) is 5.11 Å². The summed E-state index contributed by atoms with van der Waals surface area (Å²) in [6.07, 6.45) is 7.08. The number of nitrogens with zero attached hydrogens (tertiary/aromatic N) is 1. The van der Waals surface area contributed by atoms with Crippen LogP contribution in [0.15, 0.2) is 24.3 Å². The first-order valence-corrected chi connectivity index (χ1v) is 8.29. The summed E-state index contributed by atoms with van der Waals surface area (Å²) in [5.41, 5.74) is 2.53. The molecular weight excluding hydrogens is 246 g/mol. The molecule has 1 fully saturated rings. The Balaban J connectivity index is 1.74. The van der Waals surface area contributed by atoms with Crippen molar-refractivity contribution in [3.05, 3.63) is 35.4 Å². The Bertz CT molecular complexity index is 437. The van der Waals surface area contributed by atoms with E-state index in [2.05, 4.69) is 36.1 Å². The molecule has 1 aromatic carbocycles. The number of piperidine rings is 1. The molecule has 3 rings (SSSR count). The van der Waals surface area contributed by atoms with Gasteiger partial charge in [-0.15, -0.1) is 0 Å². The highest BCUT2D eigenvalue weighted by molar-refractivity contribution is 5.31. The number of benzene rings is 1. The third-order valence-corrected chi connectivity index (χ3v) is 5.38. The van der Waals surface area contributed by atoms with Crippen LogP contribution in [0.5, 0.6) is 0 Å². The quantitative estimate of drug-likeness (QED) is 0.833. The Hall–Kier alpha value is -0.860. The number of hydrogen-bond acceptors (Lipinski definition) is 2. The molecule has 0 radical (unpaired) electrons. The van der Waals surface area contributed by atoms with E-state index in [1.54, 1.807) is 0 Å². The van der Waals surface area contributed by atoms with E-state index in [0.717, 1.165) is 18.8 Å². The van der Waals surface area contributed by atoms with Gasteiger partial charge in [-0.05, 0) is 62.2 Å². The van der Waals surface area contributed by atoms with Gasteiger partial charge in [-0.1, -0.05) is 37.6 Å². The van der Waals surface area contributed by atoms with Crippen LogP contribution in [-0.4, -0.2) is 29.1 Å². The smallest absolute Gasteiger partial charge is 0.0947 e. The summed E-state index contributed by atoms with van der Waals surface area (Å²) in [6, 6.07) is 8.80. The van der Waals surface area contributed by atoms with Crippen LogP contribution in [0.4, 0.5) is 0 Å². The van der Waals surface area contributed by atoms with Crippen molar-refractivity contribution in [2.24, 2.45) is 5.92 Å². The van der Waals surface area contributed by atoms with Crippen LogP contribution in [0.1, 0.15) is 56.3 Å². The summed E-state index contributed by atoms with van der Waals surface area (Å²) < 4.78 is 0. The van der Waals surface area contributed by atoms with Gasteiger partial charge in [0.25, 0.3) is 0 Å². The molecule has 0 aromatic heterocycles. The molecule has 1 aromatic rings. The van der Waals surface area contributed by atoms with Crippen LogP contribution in [0.25, 0.3) is 0 Å². The number of aliphatic hydroxyl groups excluding tert-OH is 1. The maximum atomic E-state index is 10.8. The molecule has 0 bridgehead atoms. The third kappa shape index (κ3) is 2.77. The van der Waals surface area contributed by atoms with Gasteiger partial charge in [-0.3, -0.25) is 4.90 Å². The number of aryl methyl sites for hydroxylation is 1. The molecule has 0 spiro atoms. The fourth-order valence-electron chi connectivity index (χ4n) is 3.99. The molecular formula is C18H27NO. The number of aliphatic hydroxyl groups is 1. The largest absolute Gasteiger partial charge is 0.387 e. The molecule has 2 heteroatoms. The summed E-state index contributed by atoms with van der Waals surface area (Å²) in [7, 11) is 0. The Morgan fingerprint density at radius 2 is 1.90 bits per heavy atom. The predicted octanol–water partition coefficient (Wildman–Crippen LogP) is 3.55. The Morgan fingerprint density at radius 3 is 2.65 bits per heavy atom. The molecule has 1 saturated heterocycles. The Morgan fingerprint density at radius 1 is 1.15 bits per heavy atom. The summed E-state index contributed by atoms with van der Waals surface area (Å²) >= 11 is 0. The van der Waals surface area contributed by atoms with Crippen molar-refractivity contribution in [2.75, 3.05) is 13.1 Å². The summed E-state index contributed by atoms with van der Waals surface area (Å²) in [4.78, 5) is 2.55. The van der Waals surface area contributed by atoms with Crippen LogP contribution in [0, 0.1) is 5.92 Å². The van der Waals surface area contributed by atoms with E-state index in [1.165, 1.54) is 49.9 Å². The van der Waals surface area contributed by atoms with Crippen LogP contribution in [0.3, 0.4) is 0 Å². The topological polar surface area (TPSA) is 23.5 Å². The van der Waals surface area contributed by atoms with Gasteiger partial charge in [-0.2, -0.15) is 0 Å². The SMILES string of the molecule is CCC1CCN(C2CCCc3ccccc3C2O)CC1. The van der Waals surface area contributed by atoms with E-state index < -0.39 is 0 Å². The van der Waals surface area contributed by atoms with E-state index in [4.69, 9.17) is 0 Å². The third-order valence-electron chi connectivity index (χ3n) is 5.38. The highest BCUT2D eigenvalue weighted by Gasteiger charge is 2.32. The zero-order valence-corrected chi connectivity index (χ0v) is 12.6. The van der Waals surface area contributed by atoms with Crippen LogP contribution >= 0.6 is 0 Å². The van der Waals surface area contributed by atoms with Gasteiger partial charge in [0.05, 0.1) is 6.10 Å². The number of hydrogen-bond donors (Lipinski definition) is 1. The summed E-state index contributed by atoms with van der Waals surface area (Å²) in [6.45, 7) is 4.64. The zero-order chi connectivity index (χ0) is 13.9. The van der Waals surface area contributed by atoms with Gasteiger partial charge in [-0.25, -0.2) is 0 Å². The second kappa shape index (κ2) is 6.28. The van der Waals surface area contributed by atoms with Crippen molar-refractivity contribution in [3.8, 4) is 0 Å². The molecule has 2 nitrogen and oxygen atoms in total. The number of rotatable bonds is 2. The monoisotopic (exact) mass is 273 g/mol. The zero-order valence-electron chi connectivity index (χ0n) is 12.6. The van der Waals surface area contributed by atoms with Gasteiger partial charge in [0, 0.05) is 6.04 Å². The highest BCUT2D eigenvalue weighted by atomic mass is 16.3. The van der Waals surface area contributed by atoms with Gasteiger partial charge in [0.2, 0.25) is 0 Å². The van der Waals surface area contributed by atoms with Crippen molar-refractivity contribution < 1.29 is 5.11 Å². The second-order valence-electron chi connectivity index (χ2n) is 6.49. The Kier molecular flexibility index (Phi) is 4.42. The number of fused-ring (bicyclic) bond motifs is 1. The van der Waals surface area contributed by atoms with E-state index in [1.807, 2.05) is 0 Å². The van der Waals surface area contributed by atoms with Crippen molar-refractivity contribution in [3.63, 3.8) is 0 Å². The van der Waals surface area contributed by atoms with Gasteiger partial charge >= 0.3 is 0 Å². The lowest BCUT2D eigenvalue weighted by atomic mass is 9.91. The number of likely N-dealkylation sites (tertiary alicyclic amines) is 1. The lowest BCUT2D eigenvalue weighted by Crippen LogP contribution is -2.44. The first-order valence-electron chi connectivity index (χ1n) is 8.29. The molecule has 1 heterocycles. The molecule has 0 amide bonds. The standard InChI is InChI=1S/C18H27NO/c1-2-14-10-12-19(13-11-14)17-9-5-7-15-6-3-4-8-16(15)18(17)20/h3-4,6,8,14,17-18,20H,2,5,7,9-13H2,1H3. The van der Waals surface area contributed by atoms with Gasteiger partial charge in [0.1, 0.15) is 0 Å². The summed E-state index contributed by atoms with van der Waals surface area (Å²) in [5.74, 6) is 0.904. The van der Waals surface area contributed by atoms with Gasteiger partial charge < -0.3 is 5.11 Å². The van der Waals surface area contributed by atoms with Crippen molar-refractivity contribution in [1.82, 2.24) is 4.90 Å². The second-order valence-corrected chi connectivity index (χ2v) is 6.49. The molecule has 2 unspecified atom stereocenters. The minimum atomic E-state index is -0.299. The molecule has 1 N–H and O–H groups in total. The molecule has 2 atom stereocenters. The van der Waals surface area contributed by atoms with Crippen LogP contribution < -0.4 is 0 Å². The minimum absolute atomic E-state index is 0.299. The van der Waals surface area contributed by atoms with Crippen molar-refractivity contribution in [2.45, 2.75) is 57.6 Å². The van der Waals surface area contributed by atoms with Crippen LogP contribution in [-0.2, 0) is 6.42 Å². The molecule has 1 aliphatic carbocycles. The van der Waals surface area contributed by atoms with E-state index in [0.29, 0.717) is 6.04 Å². The van der Waals surface area contributed by atoms with E-state index >= 15 is 0 Å². The molecule has 2 aliphatic rings. The first-order chi connectivity index (χ1) is 9.79.